The van der Waals surface area contributed by atoms with Crippen LogP contribution in [0.5, 0.6) is 0 Å². The van der Waals surface area contributed by atoms with Gasteiger partial charge >= 0.3 is 0 Å². The molecule has 0 atom stereocenters. The van der Waals surface area contributed by atoms with E-state index in [0.29, 0.717) is 0 Å². The summed E-state index contributed by atoms with van der Waals surface area (Å²) in [7, 11) is 0. The van der Waals surface area contributed by atoms with Gasteiger partial charge in [0.25, 0.3) is 0 Å². The van der Waals surface area contributed by atoms with Gasteiger partial charge in [-0.1, -0.05) is 6.92 Å². The smallest absolute Gasteiger partial charge is 0.137 e. The second-order valence-electron chi connectivity index (χ2n) is 3.46. The lowest BCUT2D eigenvalue weighted by molar-refractivity contribution is 0.705. The van der Waals surface area contributed by atoms with E-state index in [1.54, 1.807) is 0 Å². The average molecular weight is 189 g/mol. The van der Waals surface area contributed by atoms with Crippen LogP contribution >= 0.6 is 0 Å². The van der Waals surface area contributed by atoms with Gasteiger partial charge < -0.3 is 9.72 Å². The Morgan fingerprint density at radius 2 is 2.36 bits per heavy atom. The summed E-state index contributed by atoms with van der Waals surface area (Å²) >= 11 is 0. The van der Waals surface area contributed by atoms with Gasteiger partial charge in [-0.2, -0.15) is 0 Å². The highest BCUT2D eigenvalue weighted by atomic mass is 15.0. The molecule has 0 spiro atoms. The van der Waals surface area contributed by atoms with Gasteiger partial charge in [-0.15, -0.1) is 0 Å². The predicted octanol–water partition coefficient (Wildman–Crippen LogP) is 1.75. The van der Waals surface area contributed by atoms with Crippen molar-refractivity contribution in [2.24, 2.45) is 0 Å². The van der Waals surface area contributed by atoms with Crippen LogP contribution in [0.15, 0.2) is 24.5 Å². The number of hydrogen-bond acceptors (Lipinski definition) is 2. The molecule has 2 rings (SSSR count). The molecule has 0 aliphatic rings. The average Bonchev–Trinajstić information content (AvgIpc) is 2.57. The molecule has 0 saturated heterocycles. The van der Waals surface area contributed by atoms with Crippen LogP contribution in [0.4, 0.5) is 0 Å². The monoisotopic (exact) mass is 189 g/mol. The topological polar surface area (TPSA) is 29.3 Å². The number of aromatic nitrogens is 2. The molecule has 0 radical (unpaired) electrons. The van der Waals surface area contributed by atoms with Gasteiger partial charge in [0.2, 0.25) is 0 Å². The molecule has 14 heavy (non-hydrogen) atoms. The van der Waals surface area contributed by atoms with Gasteiger partial charge in [-0.05, 0) is 31.2 Å². The fourth-order valence-electron chi connectivity index (χ4n) is 1.52. The summed E-state index contributed by atoms with van der Waals surface area (Å²) in [6, 6.07) is 4.19. The second-order valence-corrected chi connectivity index (χ2v) is 3.46. The zero-order chi connectivity index (χ0) is 9.97. The molecule has 0 bridgehead atoms. The summed E-state index contributed by atoms with van der Waals surface area (Å²) in [4.78, 5) is 4.36. The quantitative estimate of drug-likeness (QED) is 0.797. The van der Waals surface area contributed by atoms with Crippen LogP contribution in [0.25, 0.3) is 5.65 Å². The summed E-state index contributed by atoms with van der Waals surface area (Å²) in [5.74, 6) is 0. The standard InChI is InChI=1S/C11H15N3/c1-3-12-7-10-8-13-11-6-9(2)4-5-14(10)11/h4-6,8,12H,3,7H2,1-2H3. The lowest BCUT2D eigenvalue weighted by Crippen LogP contribution is -2.13. The predicted molar refractivity (Wildman–Crippen MR) is 57.3 cm³/mol. The first-order chi connectivity index (χ1) is 6.81. The molecule has 0 aromatic carbocycles. The van der Waals surface area contributed by atoms with Gasteiger partial charge in [0.05, 0.1) is 11.9 Å². The number of hydrogen-bond donors (Lipinski definition) is 1. The number of imidazole rings is 1. The molecule has 2 heterocycles. The van der Waals surface area contributed by atoms with Crippen molar-refractivity contribution in [3.63, 3.8) is 0 Å². The van der Waals surface area contributed by atoms with E-state index in [-0.39, 0.29) is 0 Å². The Morgan fingerprint density at radius 1 is 1.50 bits per heavy atom. The third-order valence-electron chi connectivity index (χ3n) is 2.30. The molecule has 1 N–H and O–H groups in total. The van der Waals surface area contributed by atoms with E-state index >= 15 is 0 Å². The summed E-state index contributed by atoms with van der Waals surface area (Å²) in [6.07, 6.45) is 4.00. The minimum Gasteiger partial charge on any atom is -0.311 e. The Balaban J connectivity index is 2.37. The molecule has 2 aromatic heterocycles. The van der Waals surface area contributed by atoms with Gasteiger partial charge in [0.1, 0.15) is 5.65 Å². The van der Waals surface area contributed by atoms with Crippen LogP contribution in [-0.2, 0) is 6.54 Å². The molecule has 3 heteroatoms. The lowest BCUT2D eigenvalue weighted by Gasteiger charge is -2.02. The Kier molecular flexibility index (Phi) is 2.50. The number of nitrogens with one attached hydrogen (secondary N) is 1. The zero-order valence-electron chi connectivity index (χ0n) is 8.62. The fraction of sp³-hybridized carbons (Fsp3) is 0.364. The molecular formula is C11H15N3. The first-order valence-electron chi connectivity index (χ1n) is 4.94. The zero-order valence-corrected chi connectivity index (χ0v) is 8.62. The second kappa shape index (κ2) is 3.80. The minimum atomic E-state index is 0.876. The Bertz CT molecular complexity index is 431. The highest BCUT2D eigenvalue weighted by molar-refractivity contribution is 5.42. The van der Waals surface area contributed by atoms with Gasteiger partial charge in [0.15, 0.2) is 0 Å². The van der Waals surface area contributed by atoms with E-state index in [9.17, 15) is 0 Å². The van der Waals surface area contributed by atoms with E-state index in [2.05, 4.69) is 46.9 Å². The van der Waals surface area contributed by atoms with E-state index in [0.717, 1.165) is 18.7 Å². The molecule has 0 fully saturated rings. The van der Waals surface area contributed by atoms with Crippen molar-refractivity contribution >= 4 is 5.65 Å². The van der Waals surface area contributed by atoms with Gasteiger partial charge in [-0.25, -0.2) is 4.98 Å². The molecule has 2 aromatic rings. The highest BCUT2D eigenvalue weighted by Crippen LogP contribution is 2.08. The normalized spacial score (nSPS) is 11.0. The van der Waals surface area contributed by atoms with Crippen LogP contribution in [0.2, 0.25) is 0 Å². The number of nitrogens with zero attached hydrogens (tertiary/aromatic N) is 2. The van der Waals surface area contributed by atoms with Gasteiger partial charge in [0, 0.05) is 12.7 Å². The Hall–Kier alpha value is -1.35. The number of fused-ring (bicyclic) bond motifs is 1. The molecule has 0 amide bonds. The number of pyridine rings is 1. The summed E-state index contributed by atoms with van der Waals surface area (Å²) in [6.45, 7) is 6.05. The Morgan fingerprint density at radius 3 is 3.14 bits per heavy atom. The molecule has 3 nitrogen and oxygen atoms in total. The van der Waals surface area contributed by atoms with Crippen LogP contribution in [0.3, 0.4) is 0 Å². The molecule has 74 valence electrons. The van der Waals surface area contributed by atoms with Gasteiger partial charge in [-0.3, -0.25) is 0 Å². The largest absolute Gasteiger partial charge is 0.311 e. The third kappa shape index (κ3) is 1.63. The van der Waals surface area contributed by atoms with Crippen molar-refractivity contribution in [1.82, 2.24) is 14.7 Å². The molecule has 0 aliphatic carbocycles. The Labute approximate surface area is 83.8 Å². The van der Waals surface area contributed by atoms with E-state index < -0.39 is 0 Å². The fourth-order valence-corrected chi connectivity index (χ4v) is 1.52. The van der Waals surface area contributed by atoms with E-state index in [1.807, 2.05) is 6.20 Å². The maximum Gasteiger partial charge on any atom is 0.137 e. The highest BCUT2D eigenvalue weighted by Gasteiger charge is 2.01. The van der Waals surface area contributed by atoms with Crippen molar-refractivity contribution in [3.05, 3.63) is 35.8 Å². The maximum atomic E-state index is 4.36. The molecular weight excluding hydrogens is 174 g/mol. The first-order valence-corrected chi connectivity index (χ1v) is 4.94. The minimum absolute atomic E-state index is 0.876. The third-order valence-corrected chi connectivity index (χ3v) is 2.30. The van der Waals surface area contributed by atoms with E-state index in [4.69, 9.17) is 0 Å². The summed E-state index contributed by atoms with van der Waals surface area (Å²) in [5.41, 5.74) is 3.48. The lowest BCUT2D eigenvalue weighted by atomic mass is 10.3. The van der Waals surface area contributed by atoms with Crippen molar-refractivity contribution in [2.75, 3.05) is 6.54 Å². The number of rotatable bonds is 3. The van der Waals surface area contributed by atoms with E-state index in [1.165, 1.54) is 11.3 Å². The molecule has 0 unspecified atom stereocenters. The summed E-state index contributed by atoms with van der Waals surface area (Å²) < 4.78 is 2.12. The first kappa shape index (κ1) is 9.21. The maximum absolute atomic E-state index is 4.36. The van der Waals surface area contributed by atoms with Crippen LogP contribution in [0, 0.1) is 6.92 Å². The summed E-state index contributed by atoms with van der Waals surface area (Å²) in [5, 5.41) is 3.30. The van der Waals surface area contributed by atoms with Crippen molar-refractivity contribution < 1.29 is 0 Å². The van der Waals surface area contributed by atoms with Crippen LogP contribution < -0.4 is 5.32 Å². The van der Waals surface area contributed by atoms with Crippen LogP contribution in [0.1, 0.15) is 18.2 Å². The van der Waals surface area contributed by atoms with Crippen molar-refractivity contribution in [3.8, 4) is 0 Å². The number of aryl methyl sites for hydroxylation is 1. The van der Waals surface area contributed by atoms with Crippen LogP contribution in [-0.4, -0.2) is 15.9 Å². The molecule has 0 aliphatic heterocycles. The van der Waals surface area contributed by atoms with Crippen molar-refractivity contribution in [1.29, 1.82) is 0 Å². The SMILES string of the molecule is CCNCc1cnc2cc(C)ccn12. The van der Waals surface area contributed by atoms with Crippen molar-refractivity contribution in [2.45, 2.75) is 20.4 Å². The molecule has 0 saturated carbocycles.